The van der Waals surface area contributed by atoms with Crippen LogP contribution in [0.2, 0.25) is 0 Å². The molecular formula is C20H22N4O2. The summed E-state index contributed by atoms with van der Waals surface area (Å²) in [7, 11) is 0. The molecule has 1 atom stereocenters. The second-order valence-corrected chi connectivity index (χ2v) is 6.97. The van der Waals surface area contributed by atoms with Gasteiger partial charge in [0.15, 0.2) is 0 Å². The summed E-state index contributed by atoms with van der Waals surface area (Å²) in [5, 5.41) is 8.46. The summed E-state index contributed by atoms with van der Waals surface area (Å²) < 4.78 is 7.20. The van der Waals surface area contributed by atoms with Crippen molar-refractivity contribution in [3.05, 3.63) is 65.8 Å². The molecule has 1 aliphatic heterocycles. The van der Waals surface area contributed by atoms with Crippen molar-refractivity contribution in [1.29, 1.82) is 0 Å². The van der Waals surface area contributed by atoms with Crippen molar-refractivity contribution in [3.63, 3.8) is 0 Å². The van der Waals surface area contributed by atoms with Crippen LogP contribution in [0, 0.1) is 0 Å². The van der Waals surface area contributed by atoms with Crippen molar-refractivity contribution < 1.29 is 9.32 Å². The molecule has 6 heteroatoms. The Balaban J connectivity index is 1.59. The molecule has 0 bridgehead atoms. The van der Waals surface area contributed by atoms with Crippen LogP contribution < -0.4 is 0 Å². The zero-order chi connectivity index (χ0) is 18.1. The lowest BCUT2D eigenvalue weighted by molar-refractivity contribution is 0.0730. The van der Waals surface area contributed by atoms with Crippen LogP contribution in [0.15, 0.2) is 53.3 Å². The molecule has 1 fully saturated rings. The van der Waals surface area contributed by atoms with E-state index >= 15 is 0 Å². The van der Waals surface area contributed by atoms with Gasteiger partial charge in [-0.3, -0.25) is 4.79 Å². The first kappa shape index (κ1) is 16.6. The fraction of sp³-hybridized carbons (Fsp3) is 0.350. The summed E-state index contributed by atoms with van der Waals surface area (Å²) in [6.07, 6.45) is 5.47. The molecule has 0 saturated carbocycles. The van der Waals surface area contributed by atoms with Crippen molar-refractivity contribution in [2.24, 2.45) is 0 Å². The van der Waals surface area contributed by atoms with Crippen LogP contribution in [-0.4, -0.2) is 32.3 Å². The largest absolute Gasteiger partial charge is 0.361 e. The van der Waals surface area contributed by atoms with E-state index in [0.29, 0.717) is 5.56 Å². The minimum Gasteiger partial charge on any atom is -0.361 e. The van der Waals surface area contributed by atoms with Crippen LogP contribution in [0.5, 0.6) is 0 Å². The SMILES string of the molecule is CC(C)c1cc([C@H]2CCCN2C(=O)c2cccc(-n3cccn3)c2)no1. The third-order valence-electron chi connectivity index (χ3n) is 4.83. The number of carbonyl (C=O) groups excluding carboxylic acids is 1. The number of carbonyl (C=O) groups is 1. The highest BCUT2D eigenvalue weighted by atomic mass is 16.5. The second-order valence-electron chi connectivity index (χ2n) is 6.97. The normalized spacial score (nSPS) is 17.2. The summed E-state index contributed by atoms with van der Waals surface area (Å²) in [4.78, 5) is 15.0. The topological polar surface area (TPSA) is 64.2 Å². The molecule has 2 aromatic heterocycles. The molecule has 4 rings (SSSR count). The predicted octanol–water partition coefficient (Wildman–Crippen LogP) is 3.96. The van der Waals surface area contributed by atoms with Crippen molar-refractivity contribution in [2.75, 3.05) is 6.54 Å². The van der Waals surface area contributed by atoms with Crippen LogP contribution in [-0.2, 0) is 0 Å². The van der Waals surface area contributed by atoms with Crippen LogP contribution in [0.4, 0.5) is 0 Å². The van der Waals surface area contributed by atoms with Crippen molar-refractivity contribution >= 4 is 5.91 Å². The average Bonchev–Trinajstić information content (AvgIpc) is 3.41. The minimum atomic E-state index is -0.0212. The van der Waals surface area contributed by atoms with Gasteiger partial charge >= 0.3 is 0 Å². The number of likely N-dealkylation sites (tertiary alicyclic amines) is 1. The fourth-order valence-corrected chi connectivity index (χ4v) is 3.42. The molecule has 0 radical (unpaired) electrons. The van der Waals surface area contributed by atoms with E-state index < -0.39 is 0 Å². The molecule has 0 spiro atoms. The molecule has 1 saturated heterocycles. The molecule has 134 valence electrons. The van der Waals surface area contributed by atoms with Crippen LogP contribution in [0.25, 0.3) is 5.69 Å². The van der Waals surface area contributed by atoms with Gasteiger partial charge in [-0.1, -0.05) is 25.1 Å². The van der Waals surface area contributed by atoms with E-state index in [0.717, 1.165) is 36.5 Å². The standard InChI is InChI=1S/C20H22N4O2/c1-14(2)19-13-17(22-26-19)18-8-4-10-23(18)20(25)15-6-3-7-16(12-15)24-11-5-9-21-24/h3,5-7,9,11-14,18H,4,8,10H2,1-2H3/t18-/m1/s1. The number of nitrogens with zero attached hydrogens (tertiary/aromatic N) is 4. The molecule has 0 aliphatic carbocycles. The maximum atomic E-state index is 13.1. The van der Waals surface area contributed by atoms with E-state index in [1.807, 2.05) is 47.5 Å². The fourth-order valence-electron chi connectivity index (χ4n) is 3.42. The van der Waals surface area contributed by atoms with Crippen LogP contribution in [0.1, 0.15) is 60.5 Å². The summed E-state index contributed by atoms with van der Waals surface area (Å²) in [5.74, 6) is 1.17. The van der Waals surface area contributed by atoms with Crippen molar-refractivity contribution in [2.45, 2.75) is 38.6 Å². The maximum Gasteiger partial charge on any atom is 0.254 e. The average molecular weight is 350 g/mol. The van der Waals surface area contributed by atoms with Gasteiger partial charge in [-0.25, -0.2) is 4.68 Å². The summed E-state index contributed by atoms with van der Waals surface area (Å²) in [5.41, 5.74) is 2.39. The van der Waals surface area contributed by atoms with E-state index in [2.05, 4.69) is 24.1 Å². The Bertz CT molecular complexity index is 898. The highest BCUT2D eigenvalue weighted by Crippen LogP contribution is 2.34. The Morgan fingerprint density at radius 3 is 2.88 bits per heavy atom. The zero-order valence-electron chi connectivity index (χ0n) is 15.0. The van der Waals surface area contributed by atoms with Crippen LogP contribution in [0.3, 0.4) is 0 Å². The molecule has 1 aromatic carbocycles. The van der Waals surface area contributed by atoms with Crippen molar-refractivity contribution in [1.82, 2.24) is 19.8 Å². The number of amides is 1. The first-order valence-corrected chi connectivity index (χ1v) is 9.01. The predicted molar refractivity (Wildman–Crippen MR) is 97.2 cm³/mol. The minimum absolute atomic E-state index is 0.0212. The lowest BCUT2D eigenvalue weighted by Gasteiger charge is -2.23. The molecule has 3 aromatic rings. The van der Waals surface area contributed by atoms with Gasteiger partial charge in [-0.2, -0.15) is 5.10 Å². The van der Waals surface area contributed by atoms with E-state index in [4.69, 9.17) is 4.52 Å². The Morgan fingerprint density at radius 1 is 1.27 bits per heavy atom. The van der Waals surface area contributed by atoms with Gasteiger partial charge in [0.2, 0.25) is 0 Å². The number of rotatable bonds is 4. The maximum absolute atomic E-state index is 13.1. The highest BCUT2D eigenvalue weighted by molar-refractivity contribution is 5.95. The monoisotopic (exact) mass is 350 g/mol. The van der Waals surface area contributed by atoms with Gasteiger partial charge in [0.1, 0.15) is 11.5 Å². The Kier molecular flexibility index (Phi) is 4.32. The molecule has 6 nitrogen and oxygen atoms in total. The van der Waals surface area contributed by atoms with Gasteiger partial charge in [0.05, 0.1) is 11.7 Å². The number of hydrogen-bond acceptors (Lipinski definition) is 4. The van der Waals surface area contributed by atoms with E-state index in [9.17, 15) is 4.79 Å². The van der Waals surface area contributed by atoms with E-state index in [1.54, 1.807) is 10.9 Å². The summed E-state index contributed by atoms with van der Waals surface area (Å²) >= 11 is 0. The smallest absolute Gasteiger partial charge is 0.254 e. The van der Waals surface area contributed by atoms with Crippen molar-refractivity contribution in [3.8, 4) is 5.69 Å². The lowest BCUT2D eigenvalue weighted by Crippen LogP contribution is -2.30. The molecule has 0 unspecified atom stereocenters. The third-order valence-corrected chi connectivity index (χ3v) is 4.83. The summed E-state index contributed by atoms with van der Waals surface area (Å²) in [6, 6.07) is 11.4. The van der Waals surface area contributed by atoms with Gasteiger partial charge in [-0.15, -0.1) is 0 Å². The molecule has 0 N–H and O–H groups in total. The molecule has 26 heavy (non-hydrogen) atoms. The molecular weight excluding hydrogens is 328 g/mol. The van der Waals surface area contributed by atoms with E-state index in [1.165, 1.54) is 0 Å². The Hall–Kier alpha value is -2.89. The number of hydrogen-bond donors (Lipinski definition) is 0. The second kappa shape index (κ2) is 6.78. The molecule has 1 amide bonds. The Morgan fingerprint density at radius 2 is 2.15 bits per heavy atom. The Labute approximate surface area is 152 Å². The third kappa shape index (κ3) is 3.03. The quantitative estimate of drug-likeness (QED) is 0.714. The van der Waals surface area contributed by atoms with Gasteiger partial charge < -0.3 is 9.42 Å². The van der Waals surface area contributed by atoms with Gasteiger partial charge in [0, 0.05) is 36.5 Å². The molecule has 3 heterocycles. The van der Waals surface area contributed by atoms with E-state index in [-0.39, 0.29) is 17.9 Å². The first-order chi connectivity index (χ1) is 12.6. The summed E-state index contributed by atoms with van der Waals surface area (Å²) in [6.45, 7) is 4.88. The van der Waals surface area contributed by atoms with Gasteiger partial charge in [0.25, 0.3) is 5.91 Å². The zero-order valence-corrected chi connectivity index (χ0v) is 15.0. The first-order valence-electron chi connectivity index (χ1n) is 9.01. The molecule has 1 aliphatic rings. The van der Waals surface area contributed by atoms with Gasteiger partial charge in [-0.05, 0) is 37.1 Å². The number of aromatic nitrogens is 3. The van der Waals surface area contributed by atoms with Crippen LogP contribution >= 0.6 is 0 Å². The highest BCUT2D eigenvalue weighted by Gasteiger charge is 2.33. The number of benzene rings is 1. The lowest BCUT2D eigenvalue weighted by atomic mass is 10.1.